The lowest BCUT2D eigenvalue weighted by Gasteiger charge is -2.13. The molecule has 0 aliphatic carbocycles. The maximum absolute atomic E-state index is 11.5. The number of carbonyl (C=O) groups is 2. The van der Waals surface area contributed by atoms with Crippen molar-refractivity contribution in [2.24, 2.45) is 0 Å². The van der Waals surface area contributed by atoms with E-state index in [-0.39, 0.29) is 11.1 Å². The van der Waals surface area contributed by atoms with Crippen molar-refractivity contribution in [2.75, 3.05) is 38.6 Å². The van der Waals surface area contributed by atoms with Crippen LogP contribution in [0.25, 0.3) is 0 Å². The van der Waals surface area contributed by atoms with E-state index in [0.29, 0.717) is 32.7 Å². The summed E-state index contributed by atoms with van der Waals surface area (Å²) in [5.41, 5.74) is 0.964. The molecule has 0 aromatic carbocycles. The minimum Gasteiger partial charge on any atom is -0.375 e. The molecule has 5 nitrogen and oxygen atoms in total. The molecular formula is C12H20N2O3S. The molecule has 1 aliphatic rings. The number of nitrogens with one attached hydrogen (secondary N) is 1. The maximum atomic E-state index is 11.5. The first-order valence-corrected chi connectivity index (χ1v) is 6.98. The fourth-order valence-corrected chi connectivity index (χ4v) is 2.31. The van der Waals surface area contributed by atoms with Gasteiger partial charge in [-0.1, -0.05) is 23.9 Å². The van der Waals surface area contributed by atoms with E-state index in [1.807, 2.05) is 6.92 Å². The van der Waals surface area contributed by atoms with Crippen LogP contribution in [0.2, 0.25) is 0 Å². The van der Waals surface area contributed by atoms with Gasteiger partial charge in [0.25, 0.3) is 5.24 Å². The number of amides is 2. The predicted octanol–water partition coefficient (Wildman–Crippen LogP) is 1.25. The first-order chi connectivity index (χ1) is 8.59. The predicted molar refractivity (Wildman–Crippen MR) is 72.7 cm³/mol. The van der Waals surface area contributed by atoms with Gasteiger partial charge in [-0.2, -0.15) is 0 Å². The van der Waals surface area contributed by atoms with Crippen molar-refractivity contribution in [2.45, 2.75) is 13.3 Å². The number of hydrogen-bond acceptors (Lipinski definition) is 4. The summed E-state index contributed by atoms with van der Waals surface area (Å²) in [7, 11) is 0. The van der Waals surface area contributed by atoms with Crippen LogP contribution in [0.1, 0.15) is 13.3 Å². The molecule has 1 rings (SSSR count). The summed E-state index contributed by atoms with van der Waals surface area (Å²) in [6.07, 6.45) is 0.354. The van der Waals surface area contributed by atoms with Crippen molar-refractivity contribution in [1.29, 1.82) is 0 Å². The van der Waals surface area contributed by atoms with Crippen molar-refractivity contribution < 1.29 is 14.3 Å². The summed E-state index contributed by atoms with van der Waals surface area (Å²) in [5.74, 6) is 0.786. The minimum absolute atomic E-state index is 0.0429. The first-order valence-electron chi connectivity index (χ1n) is 6.00. The molecule has 1 aliphatic heterocycles. The molecule has 18 heavy (non-hydrogen) atoms. The molecule has 2 amide bonds. The molecule has 1 N–H and O–H groups in total. The number of rotatable bonds is 8. The quantitative estimate of drug-likeness (QED) is 0.534. The van der Waals surface area contributed by atoms with Gasteiger partial charge < -0.3 is 15.0 Å². The molecule has 0 unspecified atom stereocenters. The highest BCUT2D eigenvalue weighted by Gasteiger charge is 2.21. The molecule has 102 valence electrons. The normalized spacial score (nSPS) is 14.9. The summed E-state index contributed by atoms with van der Waals surface area (Å²) >= 11 is 1.31. The van der Waals surface area contributed by atoms with E-state index in [1.54, 1.807) is 4.90 Å². The zero-order valence-electron chi connectivity index (χ0n) is 10.7. The monoisotopic (exact) mass is 272 g/mol. The fraction of sp³-hybridized carbons (Fsp3) is 0.667. The van der Waals surface area contributed by atoms with Crippen LogP contribution in [-0.4, -0.2) is 54.6 Å². The summed E-state index contributed by atoms with van der Waals surface area (Å²) in [4.78, 5) is 24.5. The van der Waals surface area contributed by atoms with Crippen LogP contribution in [0.3, 0.4) is 0 Å². The molecule has 6 heteroatoms. The third kappa shape index (κ3) is 6.07. The average molecular weight is 272 g/mol. The van der Waals surface area contributed by atoms with E-state index in [1.165, 1.54) is 11.8 Å². The number of carbonyl (C=O) groups excluding carboxylic acids is 2. The molecule has 1 heterocycles. The van der Waals surface area contributed by atoms with Crippen molar-refractivity contribution in [3.8, 4) is 0 Å². The van der Waals surface area contributed by atoms with Crippen LogP contribution >= 0.6 is 11.8 Å². The van der Waals surface area contributed by atoms with E-state index < -0.39 is 0 Å². The van der Waals surface area contributed by atoms with Gasteiger partial charge in [-0.3, -0.25) is 9.59 Å². The maximum Gasteiger partial charge on any atom is 0.281 e. The first kappa shape index (κ1) is 15.0. The van der Waals surface area contributed by atoms with Gasteiger partial charge in [-0.25, -0.2) is 0 Å². The minimum atomic E-state index is -0.0429. The Kier molecular flexibility index (Phi) is 6.82. The van der Waals surface area contributed by atoms with Gasteiger partial charge in [0, 0.05) is 31.8 Å². The number of hydrogen-bond donors (Lipinski definition) is 1. The second-order valence-electron chi connectivity index (χ2n) is 4.21. The Morgan fingerprint density at radius 1 is 1.61 bits per heavy atom. The summed E-state index contributed by atoms with van der Waals surface area (Å²) < 4.78 is 5.26. The Bertz CT molecular complexity index is 320. The largest absolute Gasteiger partial charge is 0.375 e. The zero-order valence-corrected chi connectivity index (χ0v) is 11.6. The van der Waals surface area contributed by atoms with Gasteiger partial charge in [0.15, 0.2) is 0 Å². The van der Waals surface area contributed by atoms with Crippen molar-refractivity contribution in [3.63, 3.8) is 0 Å². The van der Waals surface area contributed by atoms with Gasteiger partial charge in [-0.15, -0.1) is 0 Å². The highest BCUT2D eigenvalue weighted by molar-refractivity contribution is 8.13. The van der Waals surface area contributed by atoms with Crippen LogP contribution in [0, 0.1) is 0 Å². The SMILES string of the molecule is C=C(C)COCCNC(=O)CCN1CCSC1=O. The number of thioether (sulfide) groups is 1. The summed E-state index contributed by atoms with van der Waals surface area (Å²) in [5, 5.41) is 2.83. The fourth-order valence-electron chi connectivity index (χ4n) is 1.46. The van der Waals surface area contributed by atoms with E-state index in [9.17, 15) is 9.59 Å². The molecule has 0 spiro atoms. The Morgan fingerprint density at radius 2 is 2.39 bits per heavy atom. The molecule has 0 atom stereocenters. The third-order valence-electron chi connectivity index (χ3n) is 2.37. The van der Waals surface area contributed by atoms with E-state index in [2.05, 4.69) is 11.9 Å². The van der Waals surface area contributed by atoms with Gasteiger partial charge in [-0.05, 0) is 6.92 Å². The third-order valence-corrected chi connectivity index (χ3v) is 3.26. The molecule has 0 bridgehead atoms. The number of ether oxygens (including phenoxy) is 1. The average Bonchev–Trinajstić information content (AvgIpc) is 2.71. The second-order valence-corrected chi connectivity index (χ2v) is 5.26. The molecule has 0 aromatic rings. The lowest BCUT2D eigenvalue weighted by molar-refractivity contribution is -0.121. The van der Waals surface area contributed by atoms with E-state index >= 15 is 0 Å². The molecular weight excluding hydrogens is 252 g/mol. The Hall–Kier alpha value is -1.01. The van der Waals surface area contributed by atoms with Crippen LogP contribution in [0.15, 0.2) is 12.2 Å². The summed E-state index contributed by atoms with van der Waals surface area (Å²) in [6, 6.07) is 0. The topological polar surface area (TPSA) is 58.6 Å². The Balaban J connectivity index is 2.00. The molecule has 1 fully saturated rings. The van der Waals surface area contributed by atoms with Crippen molar-refractivity contribution in [1.82, 2.24) is 10.2 Å². The standard InChI is InChI=1S/C12H20N2O3S/c1-10(2)9-17-7-4-13-11(15)3-5-14-6-8-18-12(14)16/h1,3-9H2,2H3,(H,13,15). The van der Waals surface area contributed by atoms with Gasteiger partial charge >= 0.3 is 0 Å². The Morgan fingerprint density at radius 3 is 3.00 bits per heavy atom. The molecule has 1 saturated heterocycles. The highest BCUT2D eigenvalue weighted by Crippen LogP contribution is 2.16. The van der Waals surface area contributed by atoms with Crippen LogP contribution in [0.4, 0.5) is 4.79 Å². The van der Waals surface area contributed by atoms with E-state index in [4.69, 9.17) is 4.74 Å². The van der Waals surface area contributed by atoms with Crippen LogP contribution in [0.5, 0.6) is 0 Å². The molecule has 0 aromatic heterocycles. The van der Waals surface area contributed by atoms with Crippen molar-refractivity contribution in [3.05, 3.63) is 12.2 Å². The Labute approximate surface area is 112 Å². The lowest BCUT2D eigenvalue weighted by atomic mass is 10.3. The van der Waals surface area contributed by atoms with Crippen molar-refractivity contribution >= 4 is 22.9 Å². The number of nitrogens with zero attached hydrogens (tertiary/aromatic N) is 1. The van der Waals surface area contributed by atoms with Gasteiger partial charge in [0.2, 0.25) is 5.91 Å². The van der Waals surface area contributed by atoms with Gasteiger partial charge in [0.05, 0.1) is 13.2 Å². The molecule has 0 saturated carbocycles. The summed E-state index contributed by atoms with van der Waals surface area (Å²) in [6.45, 7) is 8.36. The molecule has 0 radical (unpaired) electrons. The smallest absolute Gasteiger partial charge is 0.281 e. The highest BCUT2D eigenvalue weighted by atomic mass is 32.2. The van der Waals surface area contributed by atoms with E-state index in [0.717, 1.165) is 17.9 Å². The second kappa shape index (κ2) is 8.16. The zero-order chi connectivity index (χ0) is 13.4. The van der Waals surface area contributed by atoms with Crippen LogP contribution in [-0.2, 0) is 9.53 Å². The van der Waals surface area contributed by atoms with Gasteiger partial charge in [0.1, 0.15) is 0 Å². The lowest BCUT2D eigenvalue weighted by Crippen LogP contribution is -2.32. The van der Waals surface area contributed by atoms with Crippen LogP contribution < -0.4 is 5.32 Å².